The van der Waals surface area contributed by atoms with Crippen LogP contribution in [0, 0.1) is 0 Å². The average Bonchev–Trinajstić information content (AvgIpc) is 2.26. The van der Waals surface area contributed by atoms with Gasteiger partial charge in [0, 0.05) is 0 Å². The summed E-state index contributed by atoms with van der Waals surface area (Å²) in [5, 5.41) is 0. The van der Waals surface area contributed by atoms with Crippen LogP contribution in [0.3, 0.4) is 0 Å². The van der Waals surface area contributed by atoms with Crippen molar-refractivity contribution in [2.45, 2.75) is 19.7 Å². The van der Waals surface area contributed by atoms with E-state index in [0.29, 0.717) is 18.6 Å². The van der Waals surface area contributed by atoms with Gasteiger partial charge >= 0.3 is 6.36 Å². The lowest BCUT2D eigenvalue weighted by Crippen LogP contribution is -2.17. The van der Waals surface area contributed by atoms with Crippen LogP contribution < -0.4 is 9.47 Å². The van der Waals surface area contributed by atoms with Crippen LogP contribution in [0.5, 0.6) is 11.5 Å². The molecule has 5 heteroatoms. The summed E-state index contributed by atoms with van der Waals surface area (Å²) < 4.78 is 45.5. The highest BCUT2D eigenvalue weighted by Crippen LogP contribution is 2.33. The number of ether oxygens (including phenoxy) is 2. The van der Waals surface area contributed by atoms with Crippen molar-refractivity contribution < 1.29 is 22.6 Å². The summed E-state index contributed by atoms with van der Waals surface area (Å²) >= 11 is 0. The van der Waals surface area contributed by atoms with E-state index in [0.717, 1.165) is 0 Å². The lowest BCUT2D eigenvalue weighted by atomic mass is 10.2. The standard InChI is InChI=1S/C12H13F3O2/c1-3-7-16-11-8-9(4-2)5-6-10(11)17-12(13,14)15/h4-6,8H,2-3,7H2,1H3. The Labute approximate surface area is 97.7 Å². The first-order chi connectivity index (χ1) is 7.96. The van der Waals surface area contributed by atoms with Gasteiger partial charge in [0.15, 0.2) is 11.5 Å². The Bertz CT molecular complexity index is 386. The van der Waals surface area contributed by atoms with E-state index in [9.17, 15) is 13.2 Å². The molecule has 0 aliphatic rings. The Morgan fingerprint density at radius 1 is 1.29 bits per heavy atom. The first-order valence-corrected chi connectivity index (χ1v) is 5.11. The second kappa shape index (κ2) is 5.61. The average molecular weight is 246 g/mol. The summed E-state index contributed by atoms with van der Waals surface area (Å²) in [5.74, 6) is -0.266. The second-order valence-corrected chi connectivity index (χ2v) is 3.31. The van der Waals surface area contributed by atoms with Crippen molar-refractivity contribution in [3.8, 4) is 11.5 Å². The fourth-order valence-electron chi connectivity index (χ4n) is 1.19. The number of hydrogen-bond acceptors (Lipinski definition) is 2. The molecular weight excluding hydrogens is 233 g/mol. The van der Waals surface area contributed by atoms with E-state index in [2.05, 4.69) is 11.3 Å². The van der Waals surface area contributed by atoms with Crippen molar-refractivity contribution in [1.29, 1.82) is 0 Å². The maximum Gasteiger partial charge on any atom is 0.573 e. The van der Waals surface area contributed by atoms with Gasteiger partial charge in [-0.1, -0.05) is 25.6 Å². The van der Waals surface area contributed by atoms with E-state index >= 15 is 0 Å². The molecule has 0 saturated heterocycles. The van der Waals surface area contributed by atoms with E-state index in [1.165, 1.54) is 24.3 Å². The minimum absolute atomic E-state index is 0.0709. The summed E-state index contributed by atoms with van der Waals surface area (Å²) in [4.78, 5) is 0. The lowest BCUT2D eigenvalue weighted by Gasteiger charge is -2.14. The molecule has 0 radical (unpaired) electrons. The molecule has 1 aromatic rings. The van der Waals surface area contributed by atoms with Crippen LogP contribution in [0.4, 0.5) is 13.2 Å². The molecule has 0 N–H and O–H groups in total. The van der Waals surface area contributed by atoms with Gasteiger partial charge < -0.3 is 9.47 Å². The third kappa shape index (κ3) is 4.38. The van der Waals surface area contributed by atoms with Crippen molar-refractivity contribution >= 4 is 6.08 Å². The van der Waals surface area contributed by atoms with Crippen LogP contribution >= 0.6 is 0 Å². The molecule has 0 aliphatic carbocycles. The molecule has 0 spiro atoms. The zero-order valence-corrected chi connectivity index (χ0v) is 9.38. The fraction of sp³-hybridized carbons (Fsp3) is 0.333. The Balaban J connectivity index is 2.97. The van der Waals surface area contributed by atoms with Gasteiger partial charge in [-0.2, -0.15) is 0 Å². The molecule has 0 aromatic heterocycles. The molecule has 0 atom stereocenters. The molecule has 0 fully saturated rings. The van der Waals surface area contributed by atoms with Crippen LogP contribution in [0.25, 0.3) is 6.08 Å². The lowest BCUT2D eigenvalue weighted by molar-refractivity contribution is -0.275. The summed E-state index contributed by atoms with van der Waals surface area (Å²) in [7, 11) is 0. The number of hydrogen-bond donors (Lipinski definition) is 0. The molecule has 1 rings (SSSR count). The third-order valence-corrected chi connectivity index (χ3v) is 1.89. The van der Waals surface area contributed by atoms with Crippen LogP contribution in [-0.2, 0) is 0 Å². The molecule has 0 bridgehead atoms. The monoisotopic (exact) mass is 246 g/mol. The van der Waals surface area contributed by atoms with E-state index in [-0.39, 0.29) is 11.5 Å². The first kappa shape index (κ1) is 13.4. The highest BCUT2D eigenvalue weighted by molar-refractivity contribution is 5.54. The number of benzene rings is 1. The first-order valence-electron chi connectivity index (χ1n) is 5.11. The predicted octanol–water partition coefficient (Wildman–Crippen LogP) is 4.02. The van der Waals surface area contributed by atoms with E-state index in [1.807, 2.05) is 6.92 Å². The Hall–Kier alpha value is -1.65. The highest BCUT2D eigenvalue weighted by atomic mass is 19.4. The maximum absolute atomic E-state index is 12.1. The zero-order chi connectivity index (χ0) is 12.9. The number of rotatable bonds is 5. The van der Waals surface area contributed by atoms with E-state index in [4.69, 9.17) is 4.74 Å². The fourth-order valence-corrected chi connectivity index (χ4v) is 1.19. The molecule has 0 heterocycles. The topological polar surface area (TPSA) is 18.5 Å². The largest absolute Gasteiger partial charge is 0.573 e. The van der Waals surface area contributed by atoms with Gasteiger partial charge in [-0.3, -0.25) is 0 Å². The van der Waals surface area contributed by atoms with E-state index in [1.54, 1.807) is 0 Å². The van der Waals surface area contributed by atoms with Gasteiger partial charge in [0.05, 0.1) is 6.61 Å². The Morgan fingerprint density at radius 2 is 2.00 bits per heavy atom. The minimum Gasteiger partial charge on any atom is -0.490 e. The smallest absolute Gasteiger partial charge is 0.490 e. The van der Waals surface area contributed by atoms with Crippen molar-refractivity contribution in [1.82, 2.24) is 0 Å². The molecule has 0 saturated carbocycles. The van der Waals surface area contributed by atoms with Crippen molar-refractivity contribution in [3.63, 3.8) is 0 Å². The predicted molar refractivity (Wildman–Crippen MR) is 59.0 cm³/mol. The summed E-state index contributed by atoms with van der Waals surface area (Å²) in [5.41, 5.74) is 0.672. The number of halogens is 3. The normalized spacial score (nSPS) is 11.1. The van der Waals surface area contributed by atoms with Gasteiger partial charge in [-0.25, -0.2) is 0 Å². The van der Waals surface area contributed by atoms with Crippen LogP contribution in [0.1, 0.15) is 18.9 Å². The molecule has 0 unspecified atom stereocenters. The van der Waals surface area contributed by atoms with Gasteiger partial charge in [0.2, 0.25) is 0 Å². The van der Waals surface area contributed by atoms with Crippen molar-refractivity contribution in [2.75, 3.05) is 6.61 Å². The minimum atomic E-state index is -4.72. The molecule has 94 valence electrons. The second-order valence-electron chi connectivity index (χ2n) is 3.31. The highest BCUT2D eigenvalue weighted by Gasteiger charge is 2.32. The van der Waals surface area contributed by atoms with Crippen LogP contribution in [0.2, 0.25) is 0 Å². The Morgan fingerprint density at radius 3 is 2.53 bits per heavy atom. The summed E-state index contributed by atoms with van der Waals surface area (Å²) in [6.07, 6.45) is -2.50. The molecule has 0 amide bonds. The molecule has 2 nitrogen and oxygen atoms in total. The molecular formula is C12H13F3O2. The van der Waals surface area contributed by atoms with Gasteiger partial charge in [0.1, 0.15) is 0 Å². The number of alkyl halides is 3. The quantitative estimate of drug-likeness (QED) is 0.781. The molecule has 17 heavy (non-hydrogen) atoms. The van der Waals surface area contributed by atoms with E-state index < -0.39 is 6.36 Å². The summed E-state index contributed by atoms with van der Waals surface area (Å²) in [6.45, 7) is 5.73. The SMILES string of the molecule is C=Cc1ccc(OC(F)(F)F)c(OCCC)c1. The molecule has 1 aromatic carbocycles. The van der Waals surface area contributed by atoms with Gasteiger partial charge in [-0.15, -0.1) is 13.2 Å². The zero-order valence-electron chi connectivity index (χ0n) is 9.38. The maximum atomic E-state index is 12.1. The van der Waals surface area contributed by atoms with Gasteiger partial charge in [0.25, 0.3) is 0 Å². The van der Waals surface area contributed by atoms with Crippen LogP contribution in [0.15, 0.2) is 24.8 Å². The van der Waals surface area contributed by atoms with Crippen molar-refractivity contribution in [2.24, 2.45) is 0 Å². The Kier molecular flexibility index (Phi) is 4.43. The van der Waals surface area contributed by atoms with Crippen molar-refractivity contribution in [3.05, 3.63) is 30.3 Å². The summed E-state index contributed by atoms with van der Waals surface area (Å²) in [6, 6.07) is 4.16. The van der Waals surface area contributed by atoms with Crippen LogP contribution in [-0.4, -0.2) is 13.0 Å². The molecule has 0 aliphatic heterocycles. The van der Waals surface area contributed by atoms with Gasteiger partial charge in [-0.05, 0) is 24.1 Å². The third-order valence-electron chi connectivity index (χ3n) is 1.89.